The minimum atomic E-state index is -0.463. The summed E-state index contributed by atoms with van der Waals surface area (Å²) < 4.78 is 30.4. The molecule has 0 saturated carbocycles. The van der Waals surface area contributed by atoms with Crippen LogP contribution in [-0.2, 0) is 6.54 Å². The molecule has 0 saturated heterocycles. The first-order valence-electron chi connectivity index (χ1n) is 9.47. The van der Waals surface area contributed by atoms with Crippen LogP contribution in [0.4, 0.5) is 8.78 Å². The van der Waals surface area contributed by atoms with Crippen molar-refractivity contribution in [3.8, 4) is 17.6 Å². The summed E-state index contributed by atoms with van der Waals surface area (Å²) in [4.78, 5) is 7.70. The van der Waals surface area contributed by atoms with Crippen LogP contribution in [0.2, 0.25) is 0 Å². The Morgan fingerprint density at radius 2 is 2.07 bits per heavy atom. The average Bonchev–Trinajstić information content (AvgIpc) is 3.29. The first-order valence-corrected chi connectivity index (χ1v) is 9.47. The first kappa shape index (κ1) is 17.6. The summed E-state index contributed by atoms with van der Waals surface area (Å²) in [5, 5.41) is 13.9. The summed E-state index contributed by atoms with van der Waals surface area (Å²) >= 11 is 0. The Kier molecular flexibility index (Phi) is 3.95. The number of hydrogen-bond donors (Lipinski definition) is 1. The van der Waals surface area contributed by atoms with Gasteiger partial charge in [0.1, 0.15) is 17.3 Å². The Bertz CT molecular complexity index is 1290. The van der Waals surface area contributed by atoms with Crippen molar-refractivity contribution in [2.45, 2.75) is 32.2 Å². The van der Waals surface area contributed by atoms with E-state index in [1.54, 1.807) is 18.2 Å². The molecule has 1 atom stereocenters. The van der Waals surface area contributed by atoms with Gasteiger partial charge in [0.25, 0.3) is 0 Å². The number of nitriles is 1. The number of halogens is 2. The summed E-state index contributed by atoms with van der Waals surface area (Å²) in [6, 6.07) is 11.6. The third-order valence-corrected chi connectivity index (χ3v) is 5.57. The van der Waals surface area contributed by atoms with Crippen LogP contribution in [-0.4, -0.2) is 19.7 Å². The van der Waals surface area contributed by atoms with E-state index in [2.05, 4.69) is 15.1 Å². The summed E-state index contributed by atoms with van der Waals surface area (Å²) in [7, 11) is 0. The van der Waals surface area contributed by atoms with Gasteiger partial charge in [0, 0.05) is 23.4 Å². The minimum Gasteiger partial charge on any atom is -0.349 e. The van der Waals surface area contributed by atoms with Crippen molar-refractivity contribution in [2.75, 3.05) is 0 Å². The maximum absolute atomic E-state index is 15.1. The zero-order chi connectivity index (χ0) is 20.1. The van der Waals surface area contributed by atoms with Crippen LogP contribution < -0.4 is 0 Å². The molecule has 7 heteroatoms. The maximum Gasteiger partial charge on any atom is 0.200 e. The second-order valence-electron chi connectivity index (χ2n) is 7.40. The molecular formula is C22H17F2N5. The second-order valence-corrected chi connectivity index (χ2v) is 7.40. The highest BCUT2D eigenvalue weighted by Crippen LogP contribution is 2.36. The van der Waals surface area contributed by atoms with E-state index in [0.717, 1.165) is 29.8 Å². The maximum atomic E-state index is 15.1. The molecule has 0 spiro atoms. The molecule has 5 nitrogen and oxygen atoms in total. The summed E-state index contributed by atoms with van der Waals surface area (Å²) in [5.41, 5.74) is 3.09. The highest BCUT2D eigenvalue weighted by atomic mass is 19.1. The van der Waals surface area contributed by atoms with E-state index < -0.39 is 5.82 Å². The smallest absolute Gasteiger partial charge is 0.200 e. The van der Waals surface area contributed by atoms with Crippen LogP contribution in [0.3, 0.4) is 0 Å². The van der Waals surface area contributed by atoms with Crippen LogP contribution in [0.25, 0.3) is 22.4 Å². The first-order chi connectivity index (χ1) is 14.0. The van der Waals surface area contributed by atoms with Crippen molar-refractivity contribution in [2.24, 2.45) is 0 Å². The van der Waals surface area contributed by atoms with Crippen molar-refractivity contribution in [3.63, 3.8) is 0 Å². The monoisotopic (exact) mass is 389 g/mol. The van der Waals surface area contributed by atoms with E-state index in [0.29, 0.717) is 28.8 Å². The lowest BCUT2D eigenvalue weighted by Gasteiger charge is -2.23. The van der Waals surface area contributed by atoms with Gasteiger partial charge in [-0.1, -0.05) is 6.07 Å². The molecule has 0 amide bonds. The minimum absolute atomic E-state index is 0.0109. The van der Waals surface area contributed by atoms with Gasteiger partial charge in [-0.3, -0.25) is 0 Å². The molecule has 1 N–H and O–H groups in total. The number of aryl methyl sites for hydroxylation is 2. The second kappa shape index (κ2) is 6.52. The number of H-pyrrole nitrogens is 1. The van der Waals surface area contributed by atoms with Gasteiger partial charge < -0.3 is 4.98 Å². The molecule has 0 aliphatic carbocycles. The van der Waals surface area contributed by atoms with Crippen molar-refractivity contribution in [1.29, 1.82) is 5.26 Å². The summed E-state index contributed by atoms with van der Waals surface area (Å²) in [5.74, 6) is 0.314. The highest BCUT2D eigenvalue weighted by molar-refractivity contribution is 5.86. The van der Waals surface area contributed by atoms with Gasteiger partial charge in [-0.2, -0.15) is 5.26 Å². The van der Waals surface area contributed by atoms with Crippen LogP contribution in [0.5, 0.6) is 0 Å². The molecule has 2 aromatic carbocycles. The van der Waals surface area contributed by atoms with Crippen molar-refractivity contribution in [1.82, 2.24) is 19.7 Å². The number of nitrogens with zero attached hydrogens (tertiary/aromatic N) is 4. The van der Waals surface area contributed by atoms with E-state index in [9.17, 15) is 4.39 Å². The highest BCUT2D eigenvalue weighted by Gasteiger charge is 2.28. The normalized spacial score (nSPS) is 16.0. The molecule has 1 aliphatic heterocycles. The zero-order valence-electron chi connectivity index (χ0n) is 15.7. The van der Waals surface area contributed by atoms with E-state index in [1.807, 2.05) is 17.7 Å². The Morgan fingerprint density at radius 1 is 1.21 bits per heavy atom. The van der Waals surface area contributed by atoms with Crippen molar-refractivity contribution < 1.29 is 8.78 Å². The SMILES string of the molecule is Cc1cc(F)ccc1C1CCCn2nc(-c3[nH]c4ccc(C#N)cc4c3F)nc21. The van der Waals surface area contributed by atoms with Gasteiger partial charge in [-0.25, -0.2) is 18.4 Å². The Morgan fingerprint density at radius 3 is 2.86 bits per heavy atom. The number of aromatic nitrogens is 4. The van der Waals surface area contributed by atoms with Crippen molar-refractivity contribution >= 4 is 10.9 Å². The predicted molar refractivity (Wildman–Crippen MR) is 104 cm³/mol. The van der Waals surface area contributed by atoms with Gasteiger partial charge >= 0.3 is 0 Å². The molecule has 1 aliphatic rings. The number of fused-ring (bicyclic) bond motifs is 2. The van der Waals surface area contributed by atoms with Gasteiger partial charge in [-0.05, 0) is 61.2 Å². The number of hydrogen-bond acceptors (Lipinski definition) is 3. The largest absolute Gasteiger partial charge is 0.349 e. The quantitative estimate of drug-likeness (QED) is 0.535. The van der Waals surface area contributed by atoms with Crippen molar-refractivity contribution in [3.05, 3.63) is 70.5 Å². The number of benzene rings is 2. The molecule has 1 unspecified atom stereocenters. The third kappa shape index (κ3) is 2.80. The average molecular weight is 389 g/mol. The molecule has 2 aromatic heterocycles. The van der Waals surface area contributed by atoms with Gasteiger partial charge in [0.05, 0.1) is 11.6 Å². The molecule has 5 rings (SSSR count). The van der Waals surface area contributed by atoms with Gasteiger partial charge in [-0.15, -0.1) is 5.10 Å². The fourth-order valence-corrected chi connectivity index (χ4v) is 4.16. The van der Waals surface area contributed by atoms with Crippen LogP contribution in [0, 0.1) is 29.9 Å². The molecule has 29 heavy (non-hydrogen) atoms. The molecular weight excluding hydrogens is 372 g/mol. The lowest BCUT2D eigenvalue weighted by atomic mass is 9.88. The molecule has 0 radical (unpaired) electrons. The van der Waals surface area contributed by atoms with Crippen LogP contribution >= 0.6 is 0 Å². The third-order valence-electron chi connectivity index (χ3n) is 5.57. The molecule has 0 fully saturated rings. The topological polar surface area (TPSA) is 70.3 Å². The van der Waals surface area contributed by atoms with E-state index in [4.69, 9.17) is 5.26 Å². The molecule has 0 bridgehead atoms. The van der Waals surface area contributed by atoms with Crippen LogP contribution in [0.15, 0.2) is 36.4 Å². The van der Waals surface area contributed by atoms with E-state index >= 15 is 4.39 Å². The van der Waals surface area contributed by atoms with Crippen LogP contribution in [0.1, 0.15) is 41.3 Å². The molecule has 4 aromatic rings. The lowest BCUT2D eigenvalue weighted by Crippen LogP contribution is -2.18. The Balaban J connectivity index is 1.61. The van der Waals surface area contributed by atoms with E-state index in [-0.39, 0.29) is 17.4 Å². The number of rotatable bonds is 2. The lowest BCUT2D eigenvalue weighted by molar-refractivity contribution is 0.445. The molecule has 3 heterocycles. The fourth-order valence-electron chi connectivity index (χ4n) is 4.16. The van der Waals surface area contributed by atoms with E-state index in [1.165, 1.54) is 18.2 Å². The fraction of sp³-hybridized carbons (Fsp3) is 0.227. The van der Waals surface area contributed by atoms with Gasteiger partial charge in [0.15, 0.2) is 5.82 Å². The van der Waals surface area contributed by atoms with Gasteiger partial charge in [0.2, 0.25) is 5.82 Å². The summed E-state index contributed by atoms with van der Waals surface area (Å²) in [6.45, 7) is 2.60. The Labute approximate surface area is 165 Å². The Hall–Kier alpha value is -3.53. The number of aromatic amines is 1. The number of nitrogens with one attached hydrogen (secondary N) is 1. The zero-order valence-corrected chi connectivity index (χ0v) is 15.7. The standard InChI is InChI=1S/C22H17F2N5/c1-12-9-14(23)5-6-15(12)16-3-2-8-29-22(16)27-21(28-29)20-19(24)17-10-13(11-25)4-7-18(17)26-20/h4-7,9-10,16,26H,2-3,8H2,1H3. The molecule has 144 valence electrons. The predicted octanol–water partition coefficient (Wildman–Crippen LogP) is 4.81. The summed E-state index contributed by atoms with van der Waals surface area (Å²) in [6.07, 6.45) is 1.79.